The van der Waals surface area contributed by atoms with Crippen LogP contribution in [0, 0.1) is 0 Å². The first kappa shape index (κ1) is 44.9. The fraction of sp³-hybridized carbons (Fsp3) is 0.0541. The molecule has 0 aliphatic rings. The highest BCUT2D eigenvalue weighted by atomic mass is 32.3. The number of fused-ring (bicyclic) bond motifs is 2. The molecule has 4 aromatic carbocycles. The lowest BCUT2D eigenvalue weighted by Gasteiger charge is -2.15. The number of benzene rings is 4. The van der Waals surface area contributed by atoms with E-state index in [1.165, 1.54) is 42.5 Å². The standard InChI is InChI=1S/C37H25NO22S4/c39-28-16-30(20-4-8-24(9-5-20)57-61(41,42)43)55-34-14-26(59-63(47,48)49)12-32(36(28)34)53-18-22-2-1-3-23(38-22)19-54-33-13-27(60-64(50,51)52)15-35-37(33)29(40)17-31(56-35)21-6-10-25(11-7-21)58-62(44,45)46/h1-17H,18-19H2,(H,41,42,43)(H,44,45,46)(H,47,48,49)(H,50,51,52)/p-4. The van der Waals surface area contributed by atoms with E-state index in [0.717, 1.165) is 60.7 Å². The predicted molar refractivity (Wildman–Crippen MR) is 210 cm³/mol. The van der Waals surface area contributed by atoms with Gasteiger partial charge >= 0.3 is 0 Å². The Bertz CT molecular complexity index is 3300. The van der Waals surface area contributed by atoms with Crippen molar-refractivity contribution in [1.82, 2.24) is 4.98 Å². The van der Waals surface area contributed by atoms with Gasteiger partial charge in [0.15, 0.2) is 10.9 Å². The second-order valence-electron chi connectivity index (χ2n) is 12.8. The number of rotatable bonds is 16. The Morgan fingerprint density at radius 3 is 1.14 bits per heavy atom. The monoisotopic (exact) mass is 959 g/mol. The largest absolute Gasteiger partial charge is 0.716 e. The SMILES string of the molecule is O=c1cc(-c2ccc(OS(=O)(=O)[O-])cc2)oc2cc(OS(=O)(=O)[O-])cc(OCc3cccc(COc4cc(OS(=O)(=O)[O-])cc5oc(-c6ccc(OS(=O)(=O)[O-])cc6)cc(=O)c45)n3)c12. The molecular formula is C37H21NO22S4-4. The summed E-state index contributed by atoms with van der Waals surface area (Å²) in [5.41, 5.74) is -1.44. The van der Waals surface area contributed by atoms with E-state index in [9.17, 15) is 61.5 Å². The molecule has 0 atom stereocenters. The van der Waals surface area contributed by atoms with Crippen LogP contribution in [0.2, 0.25) is 0 Å². The van der Waals surface area contributed by atoms with Gasteiger partial charge in [-0.3, -0.25) is 14.6 Å². The third-order valence-electron chi connectivity index (χ3n) is 8.22. The van der Waals surface area contributed by atoms with Crippen molar-refractivity contribution in [2.45, 2.75) is 13.2 Å². The lowest BCUT2D eigenvalue weighted by molar-refractivity contribution is 0.292. The number of hydrogen-bond donors (Lipinski definition) is 0. The minimum absolute atomic E-state index is 0.131. The smallest absolute Gasteiger partial charge is 0.262 e. The topological polar surface area (TPSA) is 357 Å². The van der Waals surface area contributed by atoms with Crippen LogP contribution in [0.1, 0.15) is 11.4 Å². The molecule has 0 N–H and O–H groups in total. The number of hydrogen-bond acceptors (Lipinski definition) is 23. The van der Waals surface area contributed by atoms with E-state index < -0.39 is 77.2 Å². The molecule has 7 rings (SSSR count). The van der Waals surface area contributed by atoms with Crippen molar-refractivity contribution in [3.05, 3.63) is 135 Å². The maximum atomic E-state index is 13.4. The fourth-order valence-electron chi connectivity index (χ4n) is 5.88. The Hall–Kier alpha value is -7.11. The zero-order valence-corrected chi connectivity index (χ0v) is 34.6. The van der Waals surface area contributed by atoms with Gasteiger partial charge in [0.2, 0.25) is 0 Å². The number of pyridine rings is 1. The summed E-state index contributed by atoms with van der Waals surface area (Å²) in [6.45, 7) is -0.858. The number of nitrogens with zero attached hydrogens (tertiary/aromatic N) is 1. The molecule has 0 saturated heterocycles. The molecule has 7 aromatic rings. The molecule has 3 heterocycles. The lowest BCUT2D eigenvalue weighted by atomic mass is 10.1. The van der Waals surface area contributed by atoms with Crippen LogP contribution in [-0.4, -0.2) is 56.9 Å². The highest BCUT2D eigenvalue weighted by molar-refractivity contribution is 7.81. The molecule has 0 fully saturated rings. The molecule has 0 amide bonds. The van der Waals surface area contributed by atoms with Gasteiger partial charge in [-0.15, -0.1) is 0 Å². The van der Waals surface area contributed by atoms with Crippen LogP contribution in [0.4, 0.5) is 0 Å². The van der Waals surface area contributed by atoms with Crippen molar-refractivity contribution in [2.24, 2.45) is 0 Å². The second-order valence-corrected chi connectivity index (χ2v) is 16.7. The first-order chi connectivity index (χ1) is 29.9. The van der Waals surface area contributed by atoms with Crippen molar-refractivity contribution in [3.8, 4) is 57.1 Å². The average Bonchev–Trinajstić information content (AvgIpc) is 3.17. The van der Waals surface area contributed by atoms with Crippen LogP contribution in [0.5, 0.6) is 34.5 Å². The van der Waals surface area contributed by atoms with Gasteiger partial charge in [0.1, 0.15) is 81.2 Å². The van der Waals surface area contributed by atoms with Gasteiger partial charge in [0, 0.05) is 47.5 Å². The van der Waals surface area contributed by atoms with E-state index in [2.05, 4.69) is 21.7 Å². The molecule has 0 aliphatic heterocycles. The summed E-state index contributed by atoms with van der Waals surface area (Å²) in [5.74, 6) is -2.83. The van der Waals surface area contributed by atoms with E-state index >= 15 is 0 Å². The van der Waals surface area contributed by atoms with Crippen molar-refractivity contribution in [3.63, 3.8) is 0 Å². The summed E-state index contributed by atoms with van der Waals surface area (Å²) < 4.78 is 175. The van der Waals surface area contributed by atoms with Gasteiger partial charge in [-0.25, -0.2) is 33.7 Å². The predicted octanol–water partition coefficient (Wildman–Crippen LogP) is 3.14. The number of aromatic nitrogens is 1. The maximum Gasteiger partial charge on any atom is 0.262 e. The Kier molecular flexibility index (Phi) is 12.1. The normalized spacial score (nSPS) is 12.2. The lowest BCUT2D eigenvalue weighted by Crippen LogP contribution is -2.10. The molecule has 0 saturated carbocycles. The summed E-state index contributed by atoms with van der Waals surface area (Å²) in [5, 5.41) is -0.485. The summed E-state index contributed by atoms with van der Waals surface area (Å²) in [7, 11) is -20.9. The third-order valence-corrected chi connectivity index (χ3v) is 9.81. The zero-order valence-electron chi connectivity index (χ0n) is 31.3. The third kappa shape index (κ3) is 11.7. The second kappa shape index (κ2) is 17.2. The van der Waals surface area contributed by atoms with Crippen molar-refractivity contribution < 1.29 is 86.9 Å². The van der Waals surface area contributed by atoms with Gasteiger partial charge in [0.25, 0.3) is 41.6 Å². The number of ether oxygens (including phenoxy) is 2. The Balaban J connectivity index is 1.15. The molecule has 3 aromatic heterocycles. The summed E-state index contributed by atoms with van der Waals surface area (Å²) in [6.07, 6.45) is 0. The fourth-order valence-corrected chi connectivity index (χ4v) is 7.24. The Labute approximate surface area is 359 Å². The van der Waals surface area contributed by atoms with Crippen molar-refractivity contribution >= 4 is 63.5 Å². The maximum absolute atomic E-state index is 13.4. The summed E-state index contributed by atoms with van der Waals surface area (Å²) in [4.78, 5) is 31.3. The van der Waals surface area contributed by atoms with E-state index in [-0.39, 0.29) is 79.0 Å². The van der Waals surface area contributed by atoms with Gasteiger partial charge in [-0.2, -0.15) is 0 Å². The molecular weight excluding hydrogens is 939 g/mol. The highest BCUT2D eigenvalue weighted by Crippen LogP contribution is 2.35. The van der Waals surface area contributed by atoms with E-state index in [0.29, 0.717) is 0 Å². The van der Waals surface area contributed by atoms with Crippen LogP contribution >= 0.6 is 0 Å². The Morgan fingerprint density at radius 1 is 0.453 bits per heavy atom. The first-order valence-corrected chi connectivity index (χ1v) is 22.5. The quantitative estimate of drug-likeness (QED) is 0.0991. The minimum Gasteiger partial charge on any atom is -0.716 e. The van der Waals surface area contributed by atoms with Gasteiger partial charge in [-0.05, 0) is 60.7 Å². The molecule has 0 spiro atoms. The zero-order chi connectivity index (χ0) is 46.2. The minimum atomic E-state index is -5.36. The van der Waals surface area contributed by atoms with Crippen LogP contribution in [-0.2, 0) is 54.8 Å². The van der Waals surface area contributed by atoms with E-state index in [1.807, 2.05) is 0 Å². The van der Waals surface area contributed by atoms with Crippen LogP contribution < -0.4 is 37.1 Å². The molecule has 334 valence electrons. The van der Waals surface area contributed by atoms with Gasteiger partial charge in [0.05, 0.1) is 11.4 Å². The van der Waals surface area contributed by atoms with Gasteiger partial charge < -0.3 is 53.3 Å². The molecule has 0 bridgehead atoms. The molecule has 27 heteroatoms. The van der Waals surface area contributed by atoms with Crippen LogP contribution in [0.15, 0.2) is 122 Å². The molecule has 0 radical (unpaired) electrons. The van der Waals surface area contributed by atoms with E-state index in [4.69, 9.17) is 18.3 Å². The first-order valence-electron chi connectivity index (χ1n) is 17.2. The van der Waals surface area contributed by atoms with Crippen molar-refractivity contribution in [2.75, 3.05) is 0 Å². The highest BCUT2D eigenvalue weighted by Gasteiger charge is 2.19. The van der Waals surface area contributed by atoms with Crippen LogP contribution in [0.25, 0.3) is 44.6 Å². The van der Waals surface area contributed by atoms with E-state index in [1.54, 1.807) is 0 Å². The molecule has 23 nitrogen and oxygen atoms in total. The summed E-state index contributed by atoms with van der Waals surface area (Å²) >= 11 is 0. The summed E-state index contributed by atoms with van der Waals surface area (Å²) in [6, 6.07) is 19.6. The molecule has 0 aliphatic carbocycles. The van der Waals surface area contributed by atoms with Crippen molar-refractivity contribution in [1.29, 1.82) is 0 Å². The Morgan fingerprint density at radius 2 is 0.797 bits per heavy atom. The van der Waals surface area contributed by atoms with Crippen LogP contribution in [0.3, 0.4) is 0 Å². The molecule has 0 unspecified atom stereocenters. The molecule has 64 heavy (non-hydrogen) atoms. The van der Waals surface area contributed by atoms with Gasteiger partial charge in [-0.1, -0.05) is 6.07 Å². The average molecular weight is 960 g/mol.